The first kappa shape index (κ1) is 21.0. The predicted octanol–water partition coefficient (Wildman–Crippen LogP) is 2.75. The van der Waals surface area contributed by atoms with Gasteiger partial charge in [0.25, 0.3) is 0 Å². The number of amides is 1. The number of benzene rings is 2. The van der Waals surface area contributed by atoms with Gasteiger partial charge in [0, 0.05) is 6.42 Å². The van der Waals surface area contributed by atoms with Crippen LogP contribution in [0.2, 0.25) is 0 Å². The van der Waals surface area contributed by atoms with Crippen LogP contribution in [0.15, 0.2) is 54.6 Å². The Morgan fingerprint density at radius 2 is 1.86 bits per heavy atom. The number of nitrogens with one attached hydrogen (secondary N) is 1. The first-order chi connectivity index (χ1) is 13.4. The summed E-state index contributed by atoms with van der Waals surface area (Å²) in [6, 6.07) is 9.98. The summed E-state index contributed by atoms with van der Waals surface area (Å²) in [5, 5.41) is 11.9. The maximum Gasteiger partial charge on any atom is 0.326 e. The highest BCUT2D eigenvalue weighted by Gasteiger charge is 2.20. The Hall–Kier alpha value is -3.35. The predicted molar refractivity (Wildman–Crippen MR) is 102 cm³/mol. The van der Waals surface area contributed by atoms with E-state index in [4.69, 9.17) is 9.47 Å². The lowest BCUT2D eigenvalue weighted by molar-refractivity contribution is -0.141. The third-order valence-corrected chi connectivity index (χ3v) is 4.01. The summed E-state index contributed by atoms with van der Waals surface area (Å²) in [4.78, 5) is 23.6. The first-order valence-electron chi connectivity index (χ1n) is 8.58. The van der Waals surface area contributed by atoms with Gasteiger partial charge in [-0.05, 0) is 47.9 Å². The molecule has 1 atom stereocenters. The van der Waals surface area contributed by atoms with E-state index in [1.54, 1.807) is 36.4 Å². The van der Waals surface area contributed by atoms with Crippen molar-refractivity contribution in [2.75, 3.05) is 14.2 Å². The molecule has 1 amide bonds. The summed E-state index contributed by atoms with van der Waals surface area (Å²) < 4.78 is 23.5. The van der Waals surface area contributed by atoms with Crippen LogP contribution in [0.1, 0.15) is 11.1 Å². The molecule has 2 aromatic carbocycles. The summed E-state index contributed by atoms with van der Waals surface area (Å²) in [7, 11) is 3.00. The number of ether oxygens (including phenoxy) is 2. The van der Waals surface area contributed by atoms with Crippen LogP contribution < -0.4 is 14.8 Å². The number of rotatable bonds is 9. The van der Waals surface area contributed by atoms with E-state index in [1.807, 2.05) is 0 Å². The number of allylic oxidation sites excluding steroid dienone is 1. The van der Waals surface area contributed by atoms with Gasteiger partial charge in [-0.3, -0.25) is 4.79 Å². The van der Waals surface area contributed by atoms with E-state index in [1.165, 1.54) is 32.4 Å². The average molecular weight is 387 g/mol. The zero-order chi connectivity index (χ0) is 20.5. The zero-order valence-electron chi connectivity index (χ0n) is 15.6. The number of hydrogen-bond acceptors (Lipinski definition) is 4. The van der Waals surface area contributed by atoms with Crippen LogP contribution in [-0.2, 0) is 22.4 Å². The molecule has 0 heterocycles. The van der Waals surface area contributed by atoms with Crippen molar-refractivity contribution < 1.29 is 28.6 Å². The molecule has 0 bridgehead atoms. The molecule has 6 nitrogen and oxygen atoms in total. The number of hydrogen-bond donors (Lipinski definition) is 2. The van der Waals surface area contributed by atoms with E-state index in [0.29, 0.717) is 29.0 Å². The van der Waals surface area contributed by atoms with Gasteiger partial charge in [0.1, 0.15) is 11.9 Å². The van der Waals surface area contributed by atoms with Gasteiger partial charge in [-0.1, -0.05) is 24.3 Å². The van der Waals surface area contributed by atoms with Gasteiger partial charge in [0.15, 0.2) is 11.5 Å². The van der Waals surface area contributed by atoms with Crippen molar-refractivity contribution >= 4 is 11.9 Å². The molecule has 0 fully saturated rings. The number of methoxy groups -OCH3 is 2. The number of aliphatic carboxylic acids is 1. The van der Waals surface area contributed by atoms with E-state index in [9.17, 15) is 19.1 Å². The van der Waals surface area contributed by atoms with Crippen molar-refractivity contribution in [2.24, 2.45) is 0 Å². The minimum Gasteiger partial charge on any atom is -0.493 e. The molecule has 2 N–H and O–H groups in total. The molecule has 7 heteroatoms. The lowest BCUT2D eigenvalue weighted by Gasteiger charge is -2.15. The fourth-order valence-corrected chi connectivity index (χ4v) is 2.63. The van der Waals surface area contributed by atoms with Gasteiger partial charge in [-0.25, -0.2) is 9.18 Å². The van der Waals surface area contributed by atoms with Crippen LogP contribution in [0.4, 0.5) is 4.39 Å². The van der Waals surface area contributed by atoms with Crippen molar-refractivity contribution in [3.8, 4) is 11.5 Å². The highest BCUT2D eigenvalue weighted by Crippen LogP contribution is 2.28. The van der Waals surface area contributed by atoms with Gasteiger partial charge in [-0.2, -0.15) is 0 Å². The highest BCUT2D eigenvalue weighted by atomic mass is 19.1. The number of halogens is 1. The average Bonchev–Trinajstić information content (AvgIpc) is 2.67. The summed E-state index contributed by atoms with van der Waals surface area (Å²) in [6.45, 7) is 0. The van der Waals surface area contributed by atoms with Crippen molar-refractivity contribution in [3.63, 3.8) is 0 Å². The number of carboxylic acids is 1. The molecule has 0 radical (unpaired) electrons. The normalized spacial score (nSPS) is 11.8. The minimum absolute atomic E-state index is 0.0825. The zero-order valence-corrected chi connectivity index (χ0v) is 15.6. The summed E-state index contributed by atoms with van der Waals surface area (Å²) in [6.07, 6.45) is 3.24. The van der Waals surface area contributed by atoms with Crippen LogP contribution in [-0.4, -0.2) is 37.2 Å². The molecule has 0 saturated carbocycles. The third kappa shape index (κ3) is 6.12. The minimum atomic E-state index is -1.15. The quantitative estimate of drug-likeness (QED) is 0.647. The lowest BCUT2D eigenvalue weighted by atomic mass is 10.1. The summed E-state index contributed by atoms with van der Waals surface area (Å²) >= 11 is 0. The Morgan fingerprint density at radius 3 is 2.50 bits per heavy atom. The molecule has 0 saturated heterocycles. The Morgan fingerprint density at radius 1 is 1.11 bits per heavy atom. The fraction of sp³-hybridized carbons (Fsp3) is 0.238. The molecule has 0 aromatic heterocycles. The smallest absolute Gasteiger partial charge is 0.326 e. The second kappa shape index (κ2) is 10.1. The van der Waals surface area contributed by atoms with Crippen LogP contribution in [0, 0.1) is 5.82 Å². The largest absolute Gasteiger partial charge is 0.493 e. The maximum absolute atomic E-state index is 13.1. The number of carboxylic acid groups (broad SMARTS) is 1. The third-order valence-electron chi connectivity index (χ3n) is 4.01. The second-order valence-electron chi connectivity index (χ2n) is 6.03. The van der Waals surface area contributed by atoms with E-state index in [2.05, 4.69) is 5.32 Å². The monoisotopic (exact) mass is 387 g/mol. The molecule has 1 unspecified atom stereocenters. The molecule has 2 aromatic rings. The number of carbonyl (C=O) groups is 2. The van der Waals surface area contributed by atoms with E-state index < -0.39 is 17.9 Å². The topological polar surface area (TPSA) is 84.9 Å². The Kier molecular flexibility index (Phi) is 7.56. The summed E-state index contributed by atoms with van der Waals surface area (Å²) in [5.41, 5.74) is 1.39. The molecule has 0 aliphatic heterocycles. The van der Waals surface area contributed by atoms with Crippen LogP contribution in [0.25, 0.3) is 0 Å². The van der Waals surface area contributed by atoms with Gasteiger partial charge < -0.3 is 19.9 Å². The number of carbonyl (C=O) groups excluding carboxylic acids is 1. The Bertz CT molecular complexity index is 866. The van der Waals surface area contributed by atoms with Crippen molar-refractivity contribution in [1.29, 1.82) is 0 Å². The van der Waals surface area contributed by atoms with Crippen molar-refractivity contribution in [2.45, 2.75) is 18.9 Å². The highest BCUT2D eigenvalue weighted by molar-refractivity contribution is 5.91. The molecular weight excluding hydrogens is 365 g/mol. The van der Waals surface area contributed by atoms with E-state index in [0.717, 1.165) is 0 Å². The second-order valence-corrected chi connectivity index (χ2v) is 6.03. The van der Waals surface area contributed by atoms with E-state index >= 15 is 0 Å². The van der Waals surface area contributed by atoms with Gasteiger partial charge >= 0.3 is 5.97 Å². The van der Waals surface area contributed by atoms with Gasteiger partial charge in [-0.15, -0.1) is 0 Å². The van der Waals surface area contributed by atoms with Crippen LogP contribution >= 0.6 is 0 Å². The van der Waals surface area contributed by atoms with Crippen LogP contribution in [0.5, 0.6) is 11.5 Å². The standard InChI is InChI=1S/C21H22FNO5/c1-27-18-10-9-15(13-19(18)28-2)12-17(21(25)26)23-20(24)8-4-6-14-5-3-7-16(22)11-14/h3-5,7-11,13,17H,6,12H2,1-2H3,(H,23,24)(H,25,26)/b8-4+. The first-order valence-corrected chi connectivity index (χ1v) is 8.58. The van der Waals surface area contributed by atoms with Crippen molar-refractivity contribution in [3.05, 3.63) is 71.6 Å². The molecule has 0 aliphatic carbocycles. The van der Waals surface area contributed by atoms with Crippen LogP contribution in [0.3, 0.4) is 0 Å². The van der Waals surface area contributed by atoms with Crippen molar-refractivity contribution in [1.82, 2.24) is 5.32 Å². The van der Waals surface area contributed by atoms with E-state index in [-0.39, 0.29) is 12.2 Å². The summed E-state index contributed by atoms with van der Waals surface area (Å²) in [5.74, 6) is -1.03. The fourth-order valence-electron chi connectivity index (χ4n) is 2.63. The maximum atomic E-state index is 13.1. The molecule has 28 heavy (non-hydrogen) atoms. The molecule has 0 spiro atoms. The molecular formula is C21H22FNO5. The lowest BCUT2D eigenvalue weighted by Crippen LogP contribution is -2.41. The molecule has 2 rings (SSSR count). The van der Waals surface area contributed by atoms with Gasteiger partial charge in [0.05, 0.1) is 14.2 Å². The Labute approximate surface area is 162 Å². The van der Waals surface area contributed by atoms with Gasteiger partial charge in [0.2, 0.25) is 5.91 Å². The SMILES string of the molecule is COc1ccc(CC(NC(=O)/C=C/Cc2cccc(F)c2)C(=O)O)cc1OC. The Balaban J connectivity index is 1.99. The molecule has 148 valence electrons. The molecule has 0 aliphatic rings.